The molecule has 0 N–H and O–H groups in total. The van der Waals surface area contributed by atoms with E-state index in [1.165, 1.54) is 42.4 Å². The Kier molecular flexibility index (Phi) is 5.41. The molecule has 1 aliphatic heterocycles. The lowest BCUT2D eigenvalue weighted by Crippen LogP contribution is -2.45. The van der Waals surface area contributed by atoms with Crippen molar-refractivity contribution >= 4 is 5.78 Å². The van der Waals surface area contributed by atoms with E-state index >= 15 is 0 Å². The fourth-order valence-corrected chi connectivity index (χ4v) is 6.76. The molecule has 3 nitrogen and oxygen atoms in total. The number of carbonyl (C=O) groups is 1. The molecule has 0 unspecified atom stereocenters. The smallest absolute Gasteiger partial charge is 0.167 e. The van der Waals surface area contributed by atoms with E-state index in [4.69, 9.17) is 4.74 Å². The first-order chi connectivity index (χ1) is 16.6. The van der Waals surface area contributed by atoms with Gasteiger partial charge in [-0.15, -0.1) is 0 Å². The van der Waals surface area contributed by atoms with Crippen LogP contribution in [0.1, 0.15) is 70.4 Å². The van der Waals surface area contributed by atoms with Gasteiger partial charge in [-0.05, 0) is 92.2 Å². The van der Waals surface area contributed by atoms with Crippen molar-refractivity contribution in [3.8, 4) is 0 Å². The molecule has 6 rings (SSSR count). The molecule has 3 aliphatic rings. The summed E-state index contributed by atoms with van der Waals surface area (Å²) in [5, 5.41) is 0. The van der Waals surface area contributed by atoms with Crippen molar-refractivity contribution in [1.82, 2.24) is 4.98 Å². The van der Waals surface area contributed by atoms with E-state index in [0.29, 0.717) is 12.3 Å². The van der Waals surface area contributed by atoms with Gasteiger partial charge in [0.05, 0.1) is 12.2 Å². The number of benzene rings is 2. The Labute approximate surface area is 202 Å². The van der Waals surface area contributed by atoms with Crippen LogP contribution in [0, 0.1) is 12.8 Å². The third-order valence-corrected chi connectivity index (χ3v) is 8.77. The van der Waals surface area contributed by atoms with Crippen LogP contribution in [0.4, 0.5) is 0 Å². The number of ether oxygens (including phenoxy) is 1. The summed E-state index contributed by atoms with van der Waals surface area (Å²) in [7, 11) is 0. The molecule has 2 aromatic carbocycles. The number of hydrogen-bond donors (Lipinski definition) is 0. The first kappa shape index (κ1) is 21.7. The second kappa shape index (κ2) is 8.46. The van der Waals surface area contributed by atoms with Gasteiger partial charge in [-0.2, -0.15) is 0 Å². The summed E-state index contributed by atoms with van der Waals surface area (Å²) in [5.41, 5.74) is 7.38. The van der Waals surface area contributed by atoms with E-state index in [1.807, 2.05) is 19.1 Å². The molecular weight excluding hydrogens is 418 g/mol. The Bertz CT molecular complexity index is 1210. The van der Waals surface area contributed by atoms with E-state index in [9.17, 15) is 4.79 Å². The molecule has 1 spiro atoms. The van der Waals surface area contributed by atoms with Gasteiger partial charge in [0.1, 0.15) is 0 Å². The Balaban J connectivity index is 1.37. The molecule has 2 fully saturated rings. The fourth-order valence-electron chi connectivity index (χ4n) is 6.76. The summed E-state index contributed by atoms with van der Waals surface area (Å²) in [4.78, 5) is 17.6. The zero-order valence-electron chi connectivity index (χ0n) is 20.1. The van der Waals surface area contributed by atoms with Gasteiger partial charge in [0.15, 0.2) is 5.78 Å². The summed E-state index contributed by atoms with van der Waals surface area (Å²) in [6.45, 7) is 2.92. The first-order valence-electron chi connectivity index (χ1n) is 12.8. The van der Waals surface area contributed by atoms with Crippen molar-refractivity contribution in [2.45, 2.75) is 69.3 Å². The molecule has 2 heterocycles. The molecular formula is C31H33NO2. The molecule has 2 aliphatic carbocycles. The summed E-state index contributed by atoms with van der Waals surface area (Å²) in [6.07, 6.45) is 10.3. The number of carbonyl (C=O) groups excluding carboxylic acids is 1. The maximum Gasteiger partial charge on any atom is 0.167 e. The maximum absolute atomic E-state index is 13.2. The highest BCUT2D eigenvalue weighted by Gasteiger charge is 2.56. The van der Waals surface area contributed by atoms with E-state index < -0.39 is 0 Å². The van der Waals surface area contributed by atoms with Crippen molar-refractivity contribution < 1.29 is 9.53 Å². The Morgan fingerprint density at radius 3 is 2.74 bits per heavy atom. The van der Waals surface area contributed by atoms with Crippen LogP contribution in [0.5, 0.6) is 0 Å². The maximum atomic E-state index is 13.2. The quantitative estimate of drug-likeness (QED) is 0.343. The SMILES string of the molecule is Cc1ncccc1CC(=O)c1ccc2c(c1)CCC[C@H]1C[C@]3(CC[C@@]21Cc1ccccc1)CO3. The monoisotopic (exact) mass is 451 g/mol. The molecule has 1 aromatic heterocycles. The zero-order valence-corrected chi connectivity index (χ0v) is 20.1. The molecule has 3 aromatic rings. The van der Waals surface area contributed by atoms with Crippen molar-refractivity contribution in [2.24, 2.45) is 5.92 Å². The van der Waals surface area contributed by atoms with Gasteiger partial charge in [-0.3, -0.25) is 9.78 Å². The Morgan fingerprint density at radius 1 is 1.09 bits per heavy atom. The molecule has 1 saturated carbocycles. The van der Waals surface area contributed by atoms with E-state index in [0.717, 1.165) is 42.7 Å². The standard InChI is InChI=1S/C31H33NO2/c1-22-24(10-6-16-32-22)18-29(33)26-12-13-28-25(17-26)9-5-11-27-20-30(21-34-30)14-15-31(27,28)19-23-7-3-2-4-8-23/h2-4,6-8,10,12-13,16-17,27H,5,9,11,14-15,18-21H2,1H3/t27-,30+,31-/m0/s1. The van der Waals surface area contributed by atoms with Crippen LogP contribution >= 0.6 is 0 Å². The number of ketones is 1. The van der Waals surface area contributed by atoms with Gasteiger partial charge < -0.3 is 4.74 Å². The van der Waals surface area contributed by atoms with Gasteiger partial charge in [0.2, 0.25) is 0 Å². The number of aromatic nitrogens is 1. The van der Waals surface area contributed by atoms with E-state index in [2.05, 4.69) is 53.5 Å². The number of hydrogen-bond acceptors (Lipinski definition) is 3. The van der Waals surface area contributed by atoms with Crippen LogP contribution < -0.4 is 0 Å². The summed E-state index contributed by atoms with van der Waals surface area (Å²) in [5.74, 6) is 0.815. The number of aryl methyl sites for hydroxylation is 2. The molecule has 3 heteroatoms. The van der Waals surface area contributed by atoms with Gasteiger partial charge in [0.25, 0.3) is 0 Å². The highest BCUT2D eigenvalue weighted by atomic mass is 16.6. The van der Waals surface area contributed by atoms with Gasteiger partial charge in [-0.25, -0.2) is 0 Å². The summed E-state index contributed by atoms with van der Waals surface area (Å²) in [6, 6.07) is 21.5. The van der Waals surface area contributed by atoms with Crippen molar-refractivity contribution in [3.05, 3.63) is 100 Å². The minimum Gasteiger partial charge on any atom is -0.370 e. The highest BCUT2D eigenvalue weighted by molar-refractivity contribution is 5.97. The number of epoxide rings is 1. The van der Waals surface area contributed by atoms with Crippen LogP contribution in [0.15, 0.2) is 66.9 Å². The average molecular weight is 452 g/mol. The fraction of sp³-hybridized carbons (Fsp3) is 0.419. The number of nitrogens with zero attached hydrogens (tertiary/aromatic N) is 1. The molecule has 174 valence electrons. The van der Waals surface area contributed by atoms with Crippen LogP contribution in [0.3, 0.4) is 0 Å². The lowest BCUT2D eigenvalue weighted by Gasteiger charge is -2.47. The zero-order chi connectivity index (χ0) is 23.2. The molecule has 3 atom stereocenters. The van der Waals surface area contributed by atoms with Crippen molar-refractivity contribution in [2.75, 3.05) is 6.61 Å². The second-order valence-corrected chi connectivity index (χ2v) is 10.8. The minimum absolute atomic E-state index is 0.131. The van der Waals surface area contributed by atoms with Crippen LogP contribution in [0.25, 0.3) is 0 Å². The number of fused-ring (bicyclic) bond motifs is 3. The predicted octanol–water partition coefficient (Wildman–Crippen LogP) is 6.20. The number of pyridine rings is 1. The van der Waals surface area contributed by atoms with Gasteiger partial charge in [-0.1, -0.05) is 48.5 Å². The summed E-state index contributed by atoms with van der Waals surface area (Å²) < 4.78 is 5.98. The first-order valence-corrected chi connectivity index (χ1v) is 12.8. The normalized spacial score (nSPS) is 27.5. The van der Waals surface area contributed by atoms with Crippen molar-refractivity contribution in [1.29, 1.82) is 0 Å². The Hall–Kier alpha value is -2.78. The molecule has 1 saturated heterocycles. The van der Waals surface area contributed by atoms with Gasteiger partial charge in [0, 0.05) is 29.3 Å². The lowest BCUT2D eigenvalue weighted by atomic mass is 9.57. The predicted molar refractivity (Wildman–Crippen MR) is 134 cm³/mol. The van der Waals surface area contributed by atoms with E-state index in [-0.39, 0.29) is 16.8 Å². The number of Topliss-reactive ketones (excluding diaryl/α,β-unsaturated/α-hetero) is 1. The molecule has 0 bridgehead atoms. The third kappa shape index (κ3) is 3.90. The average Bonchev–Trinajstić information content (AvgIpc) is 3.63. The second-order valence-electron chi connectivity index (χ2n) is 10.8. The summed E-state index contributed by atoms with van der Waals surface area (Å²) >= 11 is 0. The van der Waals surface area contributed by atoms with E-state index in [1.54, 1.807) is 6.20 Å². The van der Waals surface area contributed by atoms with Gasteiger partial charge >= 0.3 is 0 Å². The minimum atomic E-state index is 0.131. The van der Waals surface area contributed by atoms with Crippen LogP contribution in [-0.2, 0) is 29.4 Å². The molecule has 34 heavy (non-hydrogen) atoms. The largest absolute Gasteiger partial charge is 0.370 e. The molecule has 0 radical (unpaired) electrons. The highest BCUT2D eigenvalue weighted by Crippen LogP contribution is 2.57. The Morgan fingerprint density at radius 2 is 1.94 bits per heavy atom. The lowest BCUT2D eigenvalue weighted by molar-refractivity contribution is 0.0989. The topological polar surface area (TPSA) is 42.5 Å². The number of rotatable bonds is 5. The van der Waals surface area contributed by atoms with Crippen LogP contribution in [0.2, 0.25) is 0 Å². The van der Waals surface area contributed by atoms with Crippen LogP contribution in [-0.4, -0.2) is 23.0 Å². The molecule has 0 amide bonds. The van der Waals surface area contributed by atoms with Crippen molar-refractivity contribution in [3.63, 3.8) is 0 Å². The third-order valence-electron chi connectivity index (χ3n) is 8.77.